The van der Waals surface area contributed by atoms with E-state index in [2.05, 4.69) is 5.32 Å². The average Bonchev–Trinajstić information content (AvgIpc) is 2.70. The molecule has 1 N–H and O–H groups in total. The molecule has 1 fully saturated rings. The van der Waals surface area contributed by atoms with E-state index in [0.29, 0.717) is 13.0 Å². The molecule has 0 radical (unpaired) electrons. The Balaban J connectivity index is 2.58. The molecule has 21 heavy (non-hydrogen) atoms. The van der Waals surface area contributed by atoms with Crippen LogP contribution in [-0.2, 0) is 4.79 Å². The van der Waals surface area contributed by atoms with E-state index in [1.165, 1.54) is 0 Å². The molecule has 1 saturated heterocycles. The standard InChI is InChI=1S/C15H27F3N2O/c1-5-11(4)12-14(21)20(13(19-12)10(2)3)9-7-6-8-15(16,17)18/h10-13,19H,5-9H2,1-4H3. The number of alkyl halides is 3. The van der Waals surface area contributed by atoms with E-state index < -0.39 is 12.6 Å². The van der Waals surface area contributed by atoms with Crippen molar-refractivity contribution in [1.29, 1.82) is 0 Å². The normalized spacial score (nSPS) is 25.0. The van der Waals surface area contributed by atoms with E-state index >= 15 is 0 Å². The zero-order valence-corrected chi connectivity index (χ0v) is 13.3. The highest BCUT2D eigenvalue weighted by molar-refractivity contribution is 5.84. The molecule has 0 saturated carbocycles. The predicted octanol–water partition coefficient (Wildman–Crippen LogP) is 3.55. The maximum atomic E-state index is 12.5. The molecule has 1 aliphatic rings. The molecular formula is C15H27F3N2O. The molecule has 1 heterocycles. The van der Waals surface area contributed by atoms with Crippen LogP contribution in [0.3, 0.4) is 0 Å². The maximum Gasteiger partial charge on any atom is 0.389 e. The highest BCUT2D eigenvalue weighted by atomic mass is 19.4. The first kappa shape index (κ1) is 18.3. The van der Waals surface area contributed by atoms with Gasteiger partial charge in [0.2, 0.25) is 5.91 Å². The van der Waals surface area contributed by atoms with E-state index in [9.17, 15) is 18.0 Å². The first-order chi connectivity index (χ1) is 9.67. The van der Waals surface area contributed by atoms with Gasteiger partial charge < -0.3 is 4.90 Å². The molecule has 0 aromatic carbocycles. The van der Waals surface area contributed by atoms with Crippen LogP contribution in [0.15, 0.2) is 0 Å². The maximum absolute atomic E-state index is 12.5. The summed E-state index contributed by atoms with van der Waals surface area (Å²) in [5.41, 5.74) is 0. The number of unbranched alkanes of at least 4 members (excludes halogenated alkanes) is 1. The van der Waals surface area contributed by atoms with Crippen molar-refractivity contribution in [3.05, 3.63) is 0 Å². The SMILES string of the molecule is CCC(C)C1NC(C(C)C)N(CCCCC(F)(F)F)C1=O. The number of halogens is 3. The lowest BCUT2D eigenvalue weighted by Gasteiger charge is -2.27. The van der Waals surface area contributed by atoms with Gasteiger partial charge in [0.25, 0.3) is 0 Å². The molecule has 3 unspecified atom stereocenters. The van der Waals surface area contributed by atoms with Crippen molar-refractivity contribution in [3.63, 3.8) is 0 Å². The van der Waals surface area contributed by atoms with Crippen LogP contribution in [0.2, 0.25) is 0 Å². The Morgan fingerprint density at radius 2 is 1.86 bits per heavy atom. The average molecular weight is 308 g/mol. The molecule has 0 aromatic heterocycles. The Kier molecular flexibility index (Phi) is 6.50. The highest BCUT2D eigenvalue weighted by Gasteiger charge is 2.41. The molecule has 3 atom stereocenters. The third kappa shape index (κ3) is 5.16. The second-order valence-corrected chi connectivity index (χ2v) is 6.32. The second kappa shape index (κ2) is 7.47. The van der Waals surface area contributed by atoms with E-state index in [1.54, 1.807) is 4.90 Å². The lowest BCUT2D eigenvalue weighted by atomic mass is 9.99. The smallest absolute Gasteiger partial charge is 0.326 e. The van der Waals surface area contributed by atoms with Crippen LogP contribution >= 0.6 is 0 Å². The minimum atomic E-state index is -4.11. The van der Waals surface area contributed by atoms with Crippen molar-refractivity contribution in [2.45, 2.75) is 71.8 Å². The number of hydrogen-bond acceptors (Lipinski definition) is 2. The van der Waals surface area contributed by atoms with Gasteiger partial charge in [-0.15, -0.1) is 0 Å². The molecule has 1 rings (SSSR count). The number of nitrogens with zero attached hydrogens (tertiary/aromatic N) is 1. The van der Waals surface area contributed by atoms with Crippen LogP contribution in [0.25, 0.3) is 0 Å². The topological polar surface area (TPSA) is 32.3 Å². The van der Waals surface area contributed by atoms with Gasteiger partial charge in [-0.25, -0.2) is 0 Å². The summed E-state index contributed by atoms with van der Waals surface area (Å²) < 4.78 is 36.5. The van der Waals surface area contributed by atoms with Gasteiger partial charge in [-0.05, 0) is 24.7 Å². The van der Waals surface area contributed by atoms with Crippen molar-refractivity contribution in [1.82, 2.24) is 10.2 Å². The molecule has 1 aliphatic heterocycles. The Bertz CT molecular complexity index is 344. The van der Waals surface area contributed by atoms with Gasteiger partial charge in [0.15, 0.2) is 0 Å². The Morgan fingerprint density at radius 3 is 2.33 bits per heavy atom. The first-order valence-electron chi connectivity index (χ1n) is 7.80. The third-order valence-corrected chi connectivity index (χ3v) is 4.19. The van der Waals surface area contributed by atoms with Gasteiger partial charge in [0.1, 0.15) is 0 Å². The monoisotopic (exact) mass is 308 g/mol. The summed E-state index contributed by atoms with van der Waals surface area (Å²) >= 11 is 0. The zero-order valence-electron chi connectivity index (χ0n) is 13.3. The molecule has 6 heteroatoms. The molecule has 0 spiro atoms. The fourth-order valence-electron chi connectivity index (χ4n) is 2.71. The fourth-order valence-corrected chi connectivity index (χ4v) is 2.71. The van der Waals surface area contributed by atoms with Crippen molar-refractivity contribution < 1.29 is 18.0 Å². The quantitative estimate of drug-likeness (QED) is 0.730. The summed E-state index contributed by atoms with van der Waals surface area (Å²) in [5.74, 6) is 0.514. The first-order valence-corrected chi connectivity index (χ1v) is 7.80. The molecular weight excluding hydrogens is 281 g/mol. The number of hydrogen-bond donors (Lipinski definition) is 1. The van der Waals surface area contributed by atoms with Crippen LogP contribution in [0.4, 0.5) is 13.2 Å². The summed E-state index contributed by atoms with van der Waals surface area (Å²) in [5, 5.41) is 3.35. The summed E-state index contributed by atoms with van der Waals surface area (Å²) in [4.78, 5) is 14.2. The summed E-state index contributed by atoms with van der Waals surface area (Å²) in [6, 6.07) is -0.204. The van der Waals surface area contributed by atoms with Gasteiger partial charge in [-0.3, -0.25) is 10.1 Å². The number of carbonyl (C=O) groups is 1. The van der Waals surface area contributed by atoms with Crippen molar-refractivity contribution >= 4 is 5.91 Å². The Morgan fingerprint density at radius 1 is 1.24 bits per heavy atom. The largest absolute Gasteiger partial charge is 0.389 e. The van der Waals surface area contributed by atoms with Crippen LogP contribution in [-0.4, -0.2) is 35.7 Å². The molecule has 0 aromatic rings. The van der Waals surface area contributed by atoms with Crippen LogP contribution in [0, 0.1) is 11.8 Å². The summed E-state index contributed by atoms with van der Waals surface area (Å²) in [6.45, 7) is 8.51. The van der Waals surface area contributed by atoms with Crippen LogP contribution in [0.1, 0.15) is 53.4 Å². The minimum Gasteiger partial charge on any atom is -0.326 e. The van der Waals surface area contributed by atoms with Gasteiger partial charge in [0, 0.05) is 13.0 Å². The van der Waals surface area contributed by atoms with E-state index in [4.69, 9.17) is 0 Å². The third-order valence-electron chi connectivity index (χ3n) is 4.19. The fraction of sp³-hybridized carbons (Fsp3) is 0.933. The number of amides is 1. The van der Waals surface area contributed by atoms with Crippen LogP contribution < -0.4 is 5.32 Å². The minimum absolute atomic E-state index is 0.0371. The van der Waals surface area contributed by atoms with Crippen molar-refractivity contribution in [2.75, 3.05) is 6.54 Å². The molecule has 0 aliphatic carbocycles. The van der Waals surface area contributed by atoms with Crippen LogP contribution in [0.5, 0.6) is 0 Å². The van der Waals surface area contributed by atoms with Gasteiger partial charge in [0.05, 0.1) is 12.2 Å². The zero-order chi connectivity index (χ0) is 16.2. The molecule has 0 bridgehead atoms. The van der Waals surface area contributed by atoms with Gasteiger partial charge in [-0.1, -0.05) is 34.1 Å². The second-order valence-electron chi connectivity index (χ2n) is 6.32. The molecule has 124 valence electrons. The number of carbonyl (C=O) groups excluding carboxylic acids is 1. The lowest BCUT2D eigenvalue weighted by molar-refractivity contribution is -0.136. The predicted molar refractivity (Wildman–Crippen MR) is 76.6 cm³/mol. The van der Waals surface area contributed by atoms with E-state index in [0.717, 1.165) is 6.42 Å². The number of nitrogens with one attached hydrogen (secondary N) is 1. The van der Waals surface area contributed by atoms with E-state index in [-0.39, 0.29) is 36.4 Å². The molecule has 3 nitrogen and oxygen atoms in total. The highest BCUT2D eigenvalue weighted by Crippen LogP contribution is 2.25. The van der Waals surface area contributed by atoms with Crippen molar-refractivity contribution in [3.8, 4) is 0 Å². The van der Waals surface area contributed by atoms with Gasteiger partial charge in [-0.2, -0.15) is 13.2 Å². The Hall–Kier alpha value is -0.780. The van der Waals surface area contributed by atoms with E-state index in [1.807, 2.05) is 27.7 Å². The summed E-state index contributed by atoms with van der Waals surface area (Å²) in [7, 11) is 0. The van der Waals surface area contributed by atoms with Gasteiger partial charge >= 0.3 is 6.18 Å². The number of rotatable bonds is 7. The summed E-state index contributed by atoms with van der Waals surface area (Å²) in [6.07, 6.45) is -3.58. The lowest BCUT2D eigenvalue weighted by Crippen LogP contribution is -2.42. The van der Waals surface area contributed by atoms with Crippen molar-refractivity contribution in [2.24, 2.45) is 11.8 Å². The molecule has 1 amide bonds. The Labute approximate surface area is 125 Å².